The number of hydrogen-bond donors (Lipinski definition) is 2. The molecule has 2 N–H and O–H groups in total. The molecule has 1 aromatic rings. The lowest BCUT2D eigenvalue weighted by atomic mass is 10.1. The van der Waals surface area contributed by atoms with Gasteiger partial charge >= 0.3 is 0 Å². The van der Waals surface area contributed by atoms with Crippen LogP contribution in [0.5, 0.6) is 5.75 Å². The van der Waals surface area contributed by atoms with Crippen LogP contribution in [0, 0.1) is 13.8 Å². The average molecular weight is 222 g/mol. The molecule has 4 nitrogen and oxygen atoms in total. The number of rotatable bonds is 6. The molecular weight excluding hydrogens is 204 g/mol. The summed E-state index contributed by atoms with van der Waals surface area (Å²) in [7, 11) is 1.88. The summed E-state index contributed by atoms with van der Waals surface area (Å²) in [5.74, 6) is 0.810. The van der Waals surface area contributed by atoms with Crippen molar-refractivity contribution in [2.24, 2.45) is 0 Å². The number of benzene rings is 1. The van der Waals surface area contributed by atoms with Gasteiger partial charge in [0.25, 0.3) is 0 Å². The molecule has 1 aromatic carbocycles. The molecule has 0 unspecified atom stereocenters. The highest BCUT2D eigenvalue weighted by molar-refractivity contribution is 5.77. The van der Waals surface area contributed by atoms with Crippen molar-refractivity contribution in [2.75, 3.05) is 25.5 Å². The second kappa shape index (κ2) is 6.12. The Balaban J connectivity index is 2.85. The summed E-state index contributed by atoms with van der Waals surface area (Å²) in [5.41, 5.74) is 2.82. The average Bonchev–Trinajstić information content (AvgIpc) is 2.28. The van der Waals surface area contributed by atoms with Crippen LogP contribution in [-0.4, -0.2) is 26.6 Å². The number of amides is 1. The maximum absolute atomic E-state index is 10.5. The van der Waals surface area contributed by atoms with Crippen LogP contribution < -0.4 is 15.4 Å². The Hall–Kier alpha value is -1.55. The minimum absolute atomic E-state index is 0.612. The molecule has 1 rings (SSSR count). The molecule has 0 aliphatic rings. The van der Waals surface area contributed by atoms with E-state index in [1.165, 1.54) is 0 Å². The van der Waals surface area contributed by atoms with Gasteiger partial charge < -0.3 is 15.4 Å². The van der Waals surface area contributed by atoms with Gasteiger partial charge in [-0.2, -0.15) is 0 Å². The Morgan fingerprint density at radius 3 is 2.75 bits per heavy atom. The number of nitrogens with one attached hydrogen (secondary N) is 2. The largest absolute Gasteiger partial charge is 0.492 e. The highest BCUT2D eigenvalue weighted by Crippen LogP contribution is 2.28. The van der Waals surface area contributed by atoms with E-state index in [-0.39, 0.29) is 0 Å². The Bertz CT molecular complexity index is 364. The zero-order chi connectivity index (χ0) is 12.0. The van der Waals surface area contributed by atoms with Gasteiger partial charge in [-0.15, -0.1) is 0 Å². The van der Waals surface area contributed by atoms with Gasteiger partial charge in [0, 0.05) is 12.1 Å². The third-order valence-electron chi connectivity index (χ3n) is 2.44. The van der Waals surface area contributed by atoms with E-state index in [0.717, 1.165) is 29.1 Å². The van der Waals surface area contributed by atoms with Crippen LogP contribution in [0.25, 0.3) is 0 Å². The predicted molar refractivity (Wildman–Crippen MR) is 65.0 cm³/mol. The lowest BCUT2D eigenvalue weighted by Gasteiger charge is -2.14. The number of aryl methyl sites for hydroxylation is 1. The summed E-state index contributed by atoms with van der Waals surface area (Å²) in [6.45, 7) is 5.30. The molecule has 0 bridgehead atoms. The number of likely N-dealkylation sites (N-methyl/N-ethyl adjacent to an activating group) is 1. The Morgan fingerprint density at radius 1 is 1.38 bits per heavy atom. The van der Waals surface area contributed by atoms with Crippen LogP contribution in [0.1, 0.15) is 11.1 Å². The van der Waals surface area contributed by atoms with Gasteiger partial charge in [0.15, 0.2) is 0 Å². The summed E-state index contributed by atoms with van der Waals surface area (Å²) in [5, 5.41) is 5.71. The van der Waals surface area contributed by atoms with Crippen molar-refractivity contribution in [1.82, 2.24) is 5.32 Å². The predicted octanol–water partition coefficient (Wildman–Crippen LogP) is 1.47. The third-order valence-corrected chi connectivity index (χ3v) is 2.44. The molecular formula is C12H18N2O2. The topological polar surface area (TPSA) is 50.4 Å². The molecule has 0 heterocycles. The number of ether oxygens (including phenoxy) is 1. The molecule has 0 aliphatic carbocycles. The standard InChI is InChI=1S/C12H18N2O2/c1-9-4-5-11(16-7-6-13-3)10(2)12(9)14-8-15/h4-5,8,13H,6-7H2,1-3H3,(H,14,15). The summed E-state index contributed by atoms with van der Waals surface area (Å²) >= 11 is 0. The number of anilines is 1. The first kappa shape index (κ1) is 12.5. The van der Waals surface area contributed by atoms with Gasteiger partial charge in [-0.25, -0.2) is 0 Å². The fraction of sp³-hybridized carbons (Fsp3) is 0.417. The van der Waals surface area contributed by atoms with Crippen LogP contribution in [-0.2, 0) is 4.79 Å². The maximum atomic E-state index is 10.5. The summed E-state index contributed by atoms with van der Waals surface area (Å²) in [6.07, 6.45) is 0.687. The highest BCUT2D eigenvalue weighted by atomic mass is 16.5. The molecule has 0 radical (unpaired) electrons. The van der Waals surface area contributed by atoms with Crippen LogP contribution >= 0.6 is 0 Å². The zero-order valence-corrected chi connectivity index (χ0v) is 9.96. The van der Waals surface area contributed by atoms with Crippen molar-refractivity contribution >= 4 is 12.1 Å². The summed E-state index contributed by atoms with van der Waals surface area (Å²) in [4.78, 5) is 10.5. The van der Waals surface area contributed by atoms with E-state index in [4.69, 9.17) is 4.74 Å². The lowest BCUT2D eigenvalue weighted by Crippen LogP contribution is -2.16. The number of carbonyl (C=O) groups is 1. The smallest absolute Gasteiger partial charge is 0.211 e. The van der Waals surface area contributed by atoms with Gasteiger partial charge in [-0.3, -0.25) is 4.79 Å². The van der Waals surface area contributed by atoms with Crippen molar-refractivity contribution in [2.45, 2.75) is 13.8 Å². The van der Waals surface area contributed by atoms with E-state index >= 15 is 0 Å². The fourth-order valence-electron chi connectivity index (χ4n) is 1.53. The molecule has 0 spiro atoms. The lowest BCUT2D eigenvalue weighted by molar-refractivity contribution is -0.105. The van der Waals surface area contributed by atoms with Crippen molar-refractivity contribution < 1.29 is 9.53 Å². The molecule has 0 fully saturated rings. The molecule has 0 atom stereocenters. The second-order valence-electron chi connectivity index (χ2n) is 3.59. The number of hydrogen-bond acceptors (Lipinski definition) is 3. The Kier molecular flexibility index (Phi) is 4.79. The molecule has 0 saturated carbocycles. The van der Waals surface area contributed by atoms with Crippen molar-refractivity contribution in [3.63, 3.8) is 0 Å². The quantitative estimate of drug-likeness (QED) is 0.566. The Morgan fingerprint density at radius 2 is 2.12 bits per heavy atom. The normalized spacial score (nSPS) is 9.94. The van der Waals surface area contributed by atoms with Crippen molar-refractivity contribution in [3.05, 3.63) is 23.3 Å². The van der Waals surface area contributed by atoms with Gasteiger partial charge in [-0.1, -0.05) is 6.07 Å². The van der Waals surface area contributed by atoms with E-state index in [0.29, 0.717) is 13.0 Å². The first-order valence-electron chi connectivity index (χ1n) is 5.28. The fourth-order valence-corrected chi connectivity index (χ4v) is 1.53. The third kappa shape index (κ3) is 2.97. The van der Waals surface area contributed by atoms with E-state index in [1.807, 2.05) is 33.0 Å². The van der Waals surface area contributed by atoms with Gasteiger partial charge in [0.1, 0.15) is 12.4 Å². The molecule has 0 aromatic heterocycles. The van der Waals surface area contributed by atoms with Crippen LogP contribution in [0.4, 0.5) is 5.69 Å². The summed E-state index contributed by atoms with van der Waals surface area (Å²) in [6, 6.07) is 3.86. The second-order valence-corrected chi connectivity index (χ2v) is 3.59. The maximum Gasteiger partial charge on any atom is 0.211 e. The number of carbonyl (C=O) groups excluding carboxylic acids is 1. The van der Waals surface area contributed by atoms with Gasteiger partial charge in [0.05, 0.1) is 5.69 Å². The van der Waals surface area contributed by atoms with Crippen LogP contribution in [0.2, 0.25) is 0 Å². The molecule has 4 heteroatoms. The minimum atomic E-state index is 0.612. The van der Waals surface area contributed by atoms with Crippen molar-refractivity contribution in [3.8, 4) is 5.75 Å². The highest BCUT2D eigenvalue weighted by Gasteiger charge is 2.07. The molecule has 1 amide bonds. The molecule has 0 aliphatic heterocycles. The van der Waals surface area contributed by atoms with Crippen LogP contribution in [0.15, 0.2) is 12.1 Å². The zero-order valence-electron chi connectivity index (χ0n) is 9.96. The summed E-state index contributed by atoms with van der Waals surface area (Å²) < 4.78 is 5.60. The van der Waals surface area contributed by atoms with Crippen LogP contribution in [0.3, 0.4) is 0 Å². The SMILES string of the molecule is CNCCOc1ccc(C)c(NC=O)c1C. The van der Waals surface area contributed by atoms with E-state index in [2.05, 4.69) is 10.6 Å². The molecule has 88 valence electrons. The minimum Gasteiger partial charge on any atom is -0.492 e. The first-order valence-corrected chi connectivity index (χ1v) is 5.28. The van der Waals surface area contributed by atoms with Crippen molar-refractivity contribution in [1.29, 1.82) is 0 Å². The van der Waals surface area contributed by atoms with Gasteiger partial charge in [-0.05, 0) is 32.5 Å². The monoisotopic (exact) mass is 222 g/mol. The van der Waals surface area contributed by atoms with E-state index in [1.54, 1.807) is 0 Å². The van der Waals surface area contributed by atoms with E-state index in [9.17, 15) is 4.79 Å². The van der Waals surface area contributed by atoms with E-state index < -0.39 is 0 Å². The molecule has 0 saturated heterocycles. The Labute approximate surface area is 96.0 Å². The first-order chi connectivity index (χ1) is 7.70. The molecule has 16 heavy (non-hydrogen) atoms. The van der Waals surface area contributed by atoms with Gasteiger partial charge in [0.2, 0.25) is 6.41 Å².